The average Bonchev–Trinajstić information content (AvgIpc) is 2.19. The zero-order chi connectivity index (χ0) is 13.2. The minimum absolute atomic E-state index is 0.262. The van der Waals surface area contributed by atoms with E-state index < -0.39 is 48.1 Å². The lowest BCUT2D eigenvalue weighted by Gasteiger charge is -2.14. The van der Waals surface area contributed by atoms with Gasteiger partial charge in [-0.2, -0.15) is 13.2 Å². The Morgan fingerprint density at radius 2 is 1.53 bits per heavy atom. The first-order valence-corrected chi connectivity index (χ1v) is 4.67. The summed E-state index contributed by atoms with van der Waals surface area (Å²) < 4.78 is 74.1. The molecule has 17 heavy (non-hydrogen) atoms. The van der Waals surface area contributed by atoms with Crippen LogP contribution in [0.15, 0.2) is 12.1 Å². The van der Waals surface area contributed by atoms with E-state index in [-0.39, 0.29) is 6.07 Å². The molecule has 1 aromatic rings. The van der Waals surface area contributed by atoms with Gasteiger partial charge in [0, 0.05) is 24.1 Å². The topological polar surface area (TPSA) is 26.0 Å². The third kappa shape index (κ3) is 3.92. The molecule has 0 aliphatic heterocycles. The zero-order valence-electron chi connectivity index (χ0n) is 8.49. The molecular weight excluding hydrogens is 248 g/mol. The smallest absolute Gasteiger partial charge is 0.324 e. The third-order valence-corrected chi connectivity index (χ3v) is 2.18. The molecule has 1 atom stereocenters. The molecule has 0 heterocycles. The van der Waals surface area contributed by atoms with Gasteiger partial charge >= 0.3 is 6.18 Å². The van der Waals surface area contributed by atoms with Crippen LogP contribution in [0.5, 0.6) is 0 Å². The fourth-order valence-corrected chi connectivity index (χ4v) is 1.30. The molecule has 0 saturated heterocycles. The number of alkyl halides is 3. The number of rotatable bonds is 3. The van der Waals surface area contributed by atoms with Gasteiger partial charge in [-0.25, -0.2) is 13.2 Å². The highest BCUT2D eigenvalue weighted by Crippen LogP contribution is 2.28. The second-order valence-electron chi connectivity index (χ2n) is 3.55. The summed E-state index contributed by atoms with van der Waals surface area (Å²) in [4.78, 5) is 0. The van der Waals surface area contributed by atoms with Crippen LogP contribution in [0.3, 0.4) is 0 Å². The Hall–Kier alpha value is -1.24. The Balaban J connectivity index is 2.82. The van der Waals surface area contributed by atoms with Gasteiger partial charge in [-0.15, -0.1) is 0 Å². The van der Waals surface area contributed by atoms with Crippen molar-refractivity contribution < 1.29 is 26.3 Å². The molecule has 0 fully saturated rings. The van der Waals surface area contributed by atoms with E-state index in [0.717, 1.165) is 0 Å². The summed E-state index contributed by atoms with van der Waals surface area (Å²) >= 11 is 0. The van der Waals surface area contributed by atoms with Crippen molar-refractivity contribution in [2.75, 3.05) is 0 Å². The molecule has 96 valence electrons. The van der Waals surface area contributed by atoms with Gasteiger partial charge in [0.05, 0.1) is 0 Å². The maximum absolute atomic E-state index is 13.1. The van der Waals surface area contributed by atoms with Gasteiger partial charge in [0.15, 0.2) is 11.6 Å². The van der Waals surface area contributed by atoms with Crippen molar-refractivity contribution in [3.63, 3.8) is 0 Å². The highest BCUT2D eigenvalue weighted by molar-refractivity contribution is 5.23. The van der Waals surface area contributed by atoms with E-state index in [1.54, 1.807) is 0 Å². The highest BCUT2D eigenvalue weighted by atomic mass is 19.4. The first-order chi connectivity index (χ1) is 7.70. The van der Waals surface area contributed by atoms with Crippen molar-refractivity contribution in [3.05, 3.63) is 35.1 Å². The quantitative estimate of drug-likeness (QED) is 0.651. The summed E-state index contributed by atoms with van der Waals surface area (Å²) in [5.74, 6) is -3.91. The molecule has 1 nitrogen and oxygen atoms in total. The molecule has 0 amide bonds. The largest absolute Gasteiger partial charge is 0.389 e. The van der Waals surface area contributed by atoms with Crippen molar-refractivity contribution >= 4 is 0 Å². The lowest BCUT2D eigenvalue weighted by atomic mass is 10.0. The second kappa shape index (κ2) is 4.95. The zero-order valence-corrected chi connectivity index (χ0v) is 8.49. The number of nitrogens with two attached hydrogens (primary N) is 1. The van der Waals surface area contributed by atoms with Gasteiger partial charge in [0.1, 0.15) is 5.82 Å². The molecule has 0 radical (unpaired) electrons. The Labute approximate surface area is 93.2 Å². The molecule has 2 N–H and O–H groups in total. The van der Waals surface area contributed by atoms with E-state index in [1.807, 2.05) is 0 Å². The maximum atomic E-state index is 13.1. The molecule has 0 aliphatic carbocycles. The lowest BCUT2D eigenvalue weighted by Crippen LogP contribution is -2.17. The van der Waals surface area contributed by atoms with Crippen molar-refractivity contribution in [1.82, 2.24) is 0 Å². The molecule has 0 bridgehead atoms. The number of halogens is 6. The molecule has 7 heteroatoms. The van der Waals surface area contributed by atoms with Crippen LogP contribution in [0, 0.1) is 17.5 Å². The Bertz CT molecular complexity index is 401. The van der Waals surface area contributed by atoms with Crippen LogP contribution in [0.4, 0.5) is 26.3 Å². The van der Waals surface area contributed by atoms with Crippen molar-refractivity contribution in [1.29, 1.82) is 0 Å². The van der Waals surface area contributed by atoms with Gasteiger partial charge < -0.3 is 5.73 Å². The fourth-order valence-electron chi connectivity index (χ4n) is 1.30. The molecule has 0 saturated carbocycles. The summed E-state index contributed by atoms with van der Waals surface area (Å²) in [7, 11) is 0. The predicted molar refractivity (Wildman–Crippen MR) is 48.5 cm³/mol. The third-order valence-electron chi connectivity index (χ3n) is 2.18. The molecular formula is C10H9F6N. The van der Waals surface area contributed by atoms with Crippen LogP contribution in [-0.4, -0.2) is 6.18 Å². The minimum Gasteiger partial charge on any atom is -0.324 e. The monoisotopic (exact) mass is 257 g/mol. The Morgan fingerprint density at radius 1 is 1.00 bits per heavy atom. The van der Waals surface area contributed by atoms with Crippen LogP contribution in [0.1, 0.15) is 24.4 Å². The normalized spacial score (nSPS) is 13.8. The van der Waals surface area contributed by atoms with Crippen molar-refractivity contribution in [2.24, 2.45) is 5.73 Å². The van der Waals surface area contributed by atoms with E-state index >= 15 is 0 Å². The fraction of sp³-hybridized carbons (Fsp3) is 0.400. The molecule has 0 aromatic heterocycles. The van der Waals surface area contributed by atoms with Crippen LogP contribution in [-0.2, 0) is 0 Å². The van der Waals surface area contributed by atoms with Gasteiger partial charge in [0.2, 0.25) is 0 Å². The SMILES string of the molecule is N[C@@H](CCC(F)(F)F)c1cc(F)c(F)cc1F. The predicted octanol–water partition coefficient (Wildman–Crippen LogP) is 3.45. The standard InChI is InChI=1S/C10H9F6N/c11-6-4-8(13)7(12)3-5(6)9(17)1-2-10(14,15)16/h3-4,9H,1-2,17H2/t9-/m0/s1. The van der Waals surface area contributed by atoms with E-state index in [1.165, 1.54) is 0 Å². The van der Waals surface area contributed by atoms with Gasteiger partial charge in [-0.3, -0.25) is 0 Å². The number of hydrogen-bond acceptors (Lipinski definition) is 1. The van der Waals surface area contributed by atoms with E-state index in [0.29, 0.717) is 6.07 Å². The molecule has 0 spiro atoms. The van der Waals surface area contributed by atoms with Crippen molar-refractivity contribution in [3.8, 4) is 0 Å². The van der Waals surface area contributed by atoms with Crippen LogP contribution in [0.25, 0.3) is 0 Å². The first kappa shape index (κ1) is 13.8. The van der Waals surface area contributed by atoms with Crippen LogP contribution in [0.2, 0.25) is 0 Å². The van der Waals surface area contributed by atoms with E-state index in [4.69, 9.17) is 5.73 Å². The highest BCUT2D eigenvalue weighted by Gasteiger charge is 2.28. The molecule has 0 aliphatic rings. The van der Waals surface area contributed by atoms with E-state index in [2.05, 4.69) is 0 Å². The van der Waals surface area contributed by atoms with Gasteiger partial charge in [-0.1, -0.05) is 0 Å². The molecule has 1 rings (SSSR count). The second-order valence-corrected chi connectivity index (χ2v) is 3.55. The summed E-state index contributed by atoms with van der Waals surface area (Å²) in [6.07, 6.45) is -6.23. The average molecular weight is 257 g/mol. The maximum Gasteiger partial charge on any atom is 0.389 e. The summed E-state index contributed by atoms with van der Waals surface area (Å²) in [6, 6.07) is -0.587. The first-order valence-electron chi connectivity index (χ1n) is 4.67. The lowest BCUT2D eigenvalue weighted by molar-refractivity contribution is -0.136. The summed E-state index contributed by atoms with van der Waals surface area (Å²) in [5, 5.41) is 0. The van der Waals surface area contributed by atoms with Crippen molar-refractivity contribution in [2.45, 2.75) is 25.1 Å². The van der Waals surface area contributed by atoms with Crippen LogP contribution >= 0.6 is 0 Å². The minimum atomic E-state index is -4.42. The summed E-state index contributed by atoms with van der Waals surface area (Å²) in [5.41, 5.74) is 4.83. The Kier molecular flexibility index (Phi) is 4.03. The summed E-state index contributed by atoms with van der Waals surface area (Å²) in [6.45, 7) is 0. The van der Waals surface area contributed by atoms with Gasteiger partial charge in [0.25, 0.3) is 0 Å². The van der Waals surface area contributed by atoms with E-state index in [9.17, 15) is 26.3 Å². The van der Waals surface area contributed by atoms with Crippen LogP contribution < -0.4 is 5.73 Å². The molecule has 1 aromatic carbocycles. The van der Waals surface area contributed by atoms with Gasteiger partial charge in [-0.05, 0) is 12.5 Å². The number of hydrogen-bond donors (Lipinski definition) is 1. The molecule has 0 unspecified atom stereocenters. The number of benzene rings is 1. The Morgan fingerprint density at radius 3 is 2.06 bits per heavy atom.